The second kappa shape index (κ2) is 9.54. The quantitative estimate of drug-likeness (QED) is 0.252. The van der Waals surface area contributed by atoms with Crippen LogP contribution in [0.2, 0.25) is 0 Å². The van der Waals surface area contributed by atoms with Crippen molar-refractivity contribution in [3.63, 3.8) is 0 Å². The Morgan fingerprint density at radius 3 is 2.47 bits per heavy atom. The van der Waals surface area contributed by atoms with Crippen molar-refractivity contribution in [1.29, 1.82) is 0 Å². The molecule has 2 heterocycles. The van der Waals surface area contributed by atoms with E-state index in [1.807, 2.05) is 43.5 Å². The highest BCUT2D eigenvalue weighted by atomic mass is 32.2. The van der Waals surface area contributed by atoms with Gasteiger partial charge in [-0.05, 0) is 72.0 Å². The number of rotatable bonds is 6. The van der Waals surface area contributed by atoms with Crippen molar-refractivity contribution in [2.75, 3.05) is 6.54 Å². The lowest BCUT2D eigenvalue weighted by Crippen LogP contribution is -2.31. The molecule has 0 spiro atoms. The number of thioether (sulfide) groups is 1. The number of ether oxygens (including phenoxy) is 1. The van der Waals surface area contributed by atoms with Gasteiger partial charge in [-0.3, -0.25) is 19.3 Å². The van der Waals surface area contributed by atoms with Crippen molar-refractivity contribution < 1.29 is 19.1 Å². The number of benzene rings is 2. The Morgan fingerprint density at radius 1 is 1.03 bits per heavy atom. The minimum Gasteiger partial charge on any atom is -0.426 e. The van der Waals surface area contributed by atoms with Crippen LogP contribution in [0.3, 0.4) is 0 Å². The second-order valence-corrected chi connectivity index (χ2v) is 9.39. The maximum atomic E-state index is 12.5. The Balaban J connectivity index is 1.36. The summed E-state index contributed by atoms with van der Waals surface area (Å²) in [5, 5.41) is 1.53. The van der Waals surface area contributed by atoms with E-state index in [-0.39, 0.29) is 24.1 Å². The number of nitrogens with zero attached hydrogens (tertiary/aromatic N) is 1. The smallest absolute Gasteiger partial charge is 0.313 e. The zero-order valence-corrected chi connectivity index (χ0v) is 19.3. The van der Waals surface area contributed by atoms with Crippen LogP contribution in [0.25, 0.3) is 17.2 Å². The molecule has 2 aromatic carbocycles. The Labute approximate surface area is 194 Å². The highest BCUT2D eigenvalue weighted by Crippen LogP contribution is 2.33. The Kier molecular flexibility index (Phi) is 6.58. The standard InChI is InChI=1S/C25H21NO4S2/c1-16-5-7-18(8-6-16)19-9-10-21(17(2)14-19)30-23(27)11-12-26-24(28)22(32-25(26)29)15-20-4-3-13-31-20/h3-10,13-15H,11-12H2,1-2H3. The molecular weight excluding hydrogens is 442 g/mol. The van der Waals surface area contributed by atoms with Crippen molar-refractivity contribution in [2.45, 2.75) is 20.3 Å². The first kappa shape index (κ1) is 22.0. The van der Waals surface area contributed by atoms with Crippen LogP contribution < -0.4 is 4.74 Å². The fourth-order valence-corrected chi connectivity index (χ4v) is 4.85. The maximum Gasteiger partial charge on any atom is 0.313 e. The number of esters is 1. The number of thiophene rings is 1. The van der Waals surface area contributed by atoms with Gasteiger partial charge in [-0.2, -0.15) is 0 Å². The molecule has 0 bridgehead atoms. The van der Waals surface area contributed by atoms with Gasteiger partial charge in [-0.25, -0.2) is 0 Å². The van der Waals surface area contributed by atoms with Crippen LogP contribution in [0.5, 0.6) is 5.75 Å². The number of amides is 2. The molecule has 4 rings (SSSR count). The van der Waals surface area contributed by atoms with E-state index in [0.29, 0.717) is 10.7 Å². The number of carbonyl (C=O) groups is 3. The van der Waals surface area contributed by atoms with E-state index in [9.17, 15) is 14.4 Å². The molecule has 3 aromatic rings. The van der Waals surface area contributed by atoms with E-state index in [4.69, 9.17) is 4.74 Å². The van der Waals surface area contributed by atoms with Crippen LogP contribution in [0.4, 0.5) is 4.79 Å². The van der Waals surface area contributed by atoms with Gasteiger partial charge in [-0.15, -0.1) is 11.3 Å². The normalized spacial score (nSPS) is 14.9. The van der Waals surface area contributed by atoms with E-state index in [0.717, 1.165) is 38.2 Å². The predicted molar refractivity (Wildman–Crippen MR) is 129 cm³/mol. The molecule has 1 aliphatic heterocycles. The van der Waals surface area contributed by atoms with E-state index in [1.54, 1.807) is 12.1 Å². The van der Waals surface area contributed by atoms with Crippen LogP contribution in [0.1, 0.15) is 22.4 Å². The molecule has 0 atom stereocenters. The van der Waals surface area contributed by atoms with Crippen LogP contribution in [-0.4, -0.2) is 28.6 Å². The van der Waals surface area contributed by atoms with Gasteiger partial charge >= 0.3 is 5.97 Å². The topological polar surface area (TPSA) is 63.7 Å². The summed E-state index contributed by atoms with van der Waals surface area (Å²) < 4.78 is 5.49. The Hall–Kier alpha value is -3.16. The minimum absolute atomic E-state index is 0.00816. The summed E-state index contributed by atoms with van der Waals surface area (Å²) in [6.45, 7) is 3.91. The summed E-state index contributed by atoms with van der Waals surface area (Å²) in [6, 6.07) is 17.6. The molecule has 0 aliphatic carbocycles. The average Bonchev–Trinajstić information content (AvgIpc) is 3.37. The maximum absolute atomic E-state index is 12.5. The number of imide groups is 1. The molecular formula is C25H21NO4S2. The lowest BCUT2D eigenvalue weighted by Gasteiger charge is -2.13. The summed E-state index contributed by atoms with van der Waals surface area (Å²) in [6.07, 6.45) is 1.64. The molecule has 0 radical (unpaired) electrons. The minimum atomic E-state index is -0.488. The summed E-state index contributed by atoms with van der Waals surface area (Å²) in [5.74, 6) is -0.394. The first-order chi connectivity index (χ1) is 15.4. The lowest BCUT2D eigenvalue weighted by atomic mass is 10.0. The van der Waals surface area contributed by atoms with Gasteiger partial charge in [0, 0.05) is 11.4 Å². The molecule has 0 N–H and O–H groups in total. The number of carbonyl (C=O) groups excluding carboxylic acids is 3. The van der Waals surface area contributed by atoms with Crippen molar-refractivity contribution in [1.82, 2.24) is 4.90 Å². The third-order valence-electron chi connectivity index (χ3n) is 5.01. The zero-order chi connectivity index (χ0) is 22.7. The van der Waals surface area contributed by atoms with E-state index >= 15 is 0 Å². The molecule has 0 saturated carbocycles. The van der Waals surface area contributed by atoms with Gasteiger partial charge in [-0.1, -0.05) is 42.0 Å². The van der Waals surface area contributed by atoms with Crippen molar-refractivity contribution in [3.8, 4) is 16.9 Å². The van der Waals surface area contributed by atoms with E-state index in [1.165, 1.54) is 16.9 Å². The lowest BCUT2D eigenvalue weighted by molar-refractivity contribution is -0.134. The monoisotopic (exact) mass is 463 g/mol. The average molecular weight is 464 g/mol. The molecule has 162 valence electrons. The van der Waals surface area contributed by atoms with Gasteiger partial charge in [0.15, 0.2) is 0 Å². The van der Waals surface area contributed by atoms with Crippen LogP contribution >= 0.6 is 23.1 Å². The molecule has 1 aliphatic rings. The molecule has 1 saturated heterocycles. The summed E-state index contributed by atoms with van der Waals surface area (Å²) >= 11 is 2.38. The van der Waals surface area contributed by atoms with Crippen molar-refractivity contribution in [2.24, 2.45) is 0 Å². The summed E-state index contributed by atoms with van der Waals surface area (Å²) in [7, 11) is 0. The third-order valence-corrected chi connectivity index (χ3v) is 6.74. The third kappa shape index (κ3) is 5.00. The molecule has 2 amide bonds. The summed E-state index contributed by atoms with van der Waals surface area (Å²) in [4.78, 5) is 39.5. The summed E-state index contributed by atoms with van der Waals surface area (Å²) in [5.41, 5.74) is 4.16. The fraction of sp³-hybridized carbons (Fsp3) is 0.160. The second-order valence-electron chi connectivity index (χ2n) is 7.42. The van der Waals surface area contributed by atoms with Crippen LogP contribution in [0, 0.1) is 13.8 Å². The highest BCUT2D eigenvalue weighted by molar-refractivity contribution is 8.18. The van der Waals surface area contributed by atoms with Gasteiger partial charge in [0.05, 0.1) is 11.3 Å². The highest BCUT2D eigenvalue weighted by Gasteiger charge is 2.35. The predicted octanol–water partition coefficient (Wildman–Crippen LogP) is 6.06. The van der Waals surface area contributed by atoms with E-state index in [2.05, 4.69) is 24.3 Å². The van der Waals surface area contributed by atoms with Crippen molar-refractivity contribution >= 4 is 46.3 Å². The van der Waals surface area contributed by atoms with Gasteiger partial charge in [0.1, 0.15) is 5.75 Å². The van der Waals surface area contributed by atoms with Gasteiger partial charge in [0.25, 0.3) is 11.1 Å². The van der Waals surface area contributed by atoms with Crippen LogP contribution in [-0.2, 0) is 9.59 Å². The van der Waals surface area contributed by atoms with Crippen molar-refractivity contribution in [3.05, 3.63) is 80.9 Å². The fourth-order valence-electron chi connectivity index (χ4n) is 3.26. The molecule has 0 unspecified atom stereocenters. The number of aryl methyl sites for hydroxylation is 2. The molecule has 1 fully saturated rings. The largest absolute Gasteiger partial charge is 0.426 e. The molecule has 32 heavy (non-hydrogen) atoms. The molecule has 7 heteroatoms. The van der Waals surface area contributed by atoms with Crippen LogP contribution in [0.15, 0.2) is 64.9 Å². The van der Waals surface area contributed by atoms with Gasteiger partial charge < -0.3 is 4.74 Å². The number of hydrogen-bond donors (Lipinski definition) is 0. The number of hydrogen-bond acceptors (Lipinski definition) is 6. The SMILES string of the molecule is Cc1ccc(-c2ccc(OC(=O)CCN3C(=O)SC(=Cc4cccs4)C3=O)c(C)c2)cc1. The zero-order valence-electron chi connectivity index (χ0n) is 17.7. The first-order valence-electron chi connectivity index (χ1n) is 10.1. The first-order valence-corrected chi connectivity index (χ1v) is 11.8. The molecule has 1 aromatic heterocycles. The molecule has 5 nitrogen and oxygen atoms in total. The van der Waals surface area contributed by atoms with Gasteiger partial charge in [0.2, 0.25) is 0 Å². The Bertz CT molecular complexity index is 1200. The Morgan fingerprint density at radius 2 is 1.78 bits per heavy atom. The van der Waals surface area contributed by atoms with E-state index < -0.39 is 5.97 Å².